The van der Waals surface area contributed by atoms with E-state index in [4.69, 9.17) is 30.3 Å². The second kappa shape index (κ2) is 22.5. The van der Waals surface area contributed by atoms with Crippen LogP contribution in [0.3, 0.4) is 0 Å². The van der Waals surface area contributed by atoms with Crippen LogP contribution in [-0.4, -0.2) is 62.8 Å². The second-order valence-corrected chi connectivity index (χ2v) is 6.29. The smallest absolute Gasteiger partial charge is 0.151 e. The Labute approximate surface area is 174 Å². The third kappa shape index (κ3) is 19.3. The molecule has 0 aliphatic carbocycles. The van der Waals surface area contributed by atoms with Crippen LogP contribution >= 0.6 is 0 Å². The third-order valence-corrected chi connectivity index (χ3v) is 3.68. The van der Waals surface area contributed by atoms with Crippen molar-refractivity contribution in [2.75, 3.05) is 6.61 Å². The molecule has 168 valence electrons. The predicted octanol–water partition coefficient (Wildman–Crippen LogP) is 2.14. The number of unbranched alkanes of at least 4 members (excludes halogenated alkanes) is 4. The summed E-state index contributed by atoms with van der Waals surface area (Å²) in [7, 11) is 0. The minimum Gasteiger partial charge on any atom is -0.473 e. The van der Waals surface area contributed by atoms with Crippen LogP contribution in [0.15, 0.2) is 49.0 Å². The van der Waals surface area contributed by atoms with Crippen molar-refractivity contribution in [2.45, 2.75) is 76.8 Å². The summed E-state index contributed by atoms with van der Waals surface area (Å²) in [4.78, 5) is 9.90. The van der Waals surface area contributed by atoms with Gasteiger partial charge in [-0.15, -0.1) is 0 Å². The number of carbonyl (C=O) groups excluding carboxylic acids is 1. The summed E-state index contributed by atoms with van der Waals surface area (Å²) in [6.07, 6.45) is 16.1. The molecular weight excluding hydrogens is 376 g/mol. The van der Waals surface area contributed by atoms with Crippen molar-refractivity contribution in [3.63, 3.8) is 0 Å². The SMILES string of the molecule is CCCCC=CC=COC=CC=CCCCC.O=C[C@H](O)[C@@H](O)[C@H](O)[C@H](O)CO. The molecule has 4 atom stereocenters. The van der Waals surface area contributed by atoms with Crippen LogP contribution in [0.5, 0.6) is 0 Å². The molecule has 29 heavy (non-hydrogen) atoms. The monoisotopic (exact) mass is 414 g/mol. The van der Waals surface area contributed by atoms with E-state index in [1.54, 1.807) is 12.5 Å². The van der Waals surface area contributed by atoms with E-state index in [1.165, 1.54) is 25.7 Å². The number of ether oxygens (including phenoxy) is 1. The van der Waals surface area contributed by atoms with Gasteiger partial charge in [-0.3, -0.25) is 0 Å². The Bertz CT molecular complexity index is 446. The first-order valence-electron chi connectivity index (χ1n) is 10.0. The van der Waals surface area contributed by atoms with Gasteiger partial charge < -0.3 is 35.1 Å². The maximum atomic E-state index is 9.90. The van der Waals surface area contributed by atoms with Crippen molar-refractivity contribution < 1.29 is 35.1 Å². The average molecular weight is 415 g/mol. The Kier molecular flexibility index (Phi) is 22.9. The van der Waals surface area contributed by atoms with E-state index in [2.05, 4.69) is 26.0 Å². The molecule has 0 amide bonds. The normalized spacial score (nSPS) is 16.1. The Balaban J connectivity index is 0. The summed E-state index contributed by atoms with van der Waals surface area (Å²) in [5, 5.41) is 43.5. The molecule has 0 bridgehead atoms. The molecule has 7 heteroatoms. The topological polar surface area (TPSA) is 127 Å². The Hall–Kier alpha value is -1.77. The highest BCUT2D eigenvalue weighted by atomic mass is 16.5. The van der Waals surface area contributed by atoms with Crippen molar-refractivity contribution >= 4 is 6.29 Å². The van der Waals surface area contributed by atoms with Gasteiger partial charge in [0.25, 0.3) is 0 Å². The fraction of sp³-hybridized carbons (Fsp3) is 0.591. The lowest BCUT2D eigenvalue weighted by Crippen LogP contribution is -2.46. The maximum absolute atomic E-state index is 9.90. The van der Waals surface area contributed by atoms with E-state index in [-0.39, 0.29) is 6.29 Å². The zero-order valence-corrected chi connectivity index (χ0v) is 17.5. The molecule has 0 fully saturated rings. The van der Waals surface area contributed by atoms with Gasteiger partial charge in [0.2, 0.25) is 0 Å². The van der Waals surface area contributed by atoms with Crippen LogP contribution in [0, 0.1) is 0 Å². The number of hydrogen-bond donors (Lipinski definition) is 5. The molecule has 0 spiro atoms. The van der Waals surface area contributed by atoms with Gasteiger partial charge in [0.15, 0.2) is 6.29 Å². The van der Waals surface area contributed by atoms with Gasteiger partial charge in [0, 0.05) is 0 Å². The molecular formula is C22H38O7. The summed E-state index contributed by atoms with van der Waals surface area (Å²) in [6, 6.07) is 0. The van der Waals surface area contributed by atoms with Crippen LogP contribution in [-0.2, 0) is 9.53 Å². The molecule has 0 aromatic rings. The van der Waals surface area contributed by atoms with E-state index in [1.807, 2.05) is 24.3 Å². The van der Waals surface area contributed by atoms with E-state index in [0.717, 1.165) is 12.8 Å². The van der Waals surface area contributed by atoms with Crippen molar-refractivity contribution in [3.05, 3.63) is 49.0 Å². The van der Waals surface area contributed by atoms with E-state index in [0.29, 0.717) is 0 Å². The van der Waals surface area contributed by atoms with Crippen molar-refractivity contribution in [1.82, 2.24) is 0 Å². The lowest BCUT2D eigenvalue weighted by Gasteiger charge is -2.22. The Morgan fingerprint density at radius 1 is 0.793 bits per heavy atom. The molecule has 0 heterocycles. The Morgan fingerprint density at radius 2 is 1.28 bits per heavy atom. The highest BCUT2D eigenvalue weighted by Crippen LogP contribution is 2.03. The molecule has 0 rings (SSSR count). The summed E-state index contributed by atoms with van der Waals surface area (Å²) in [5.74, 6) is 0. The first kappa shape index (κ1) is 29.4. The van der Waals surface area contributed by atoms with Gasteiger partial charge >= 0.3 is 0 Å². The van der Waals surface area contributed by atoms with Crippen LogP contribution < -0.4 is 0 Å². The fourth-order valence-corrected chi connectivity index (χ4v) is 1.84. The lowest BCUT2D eigenvalue weighted by molar-refractivity contribution is -0.136. The molecule has 0 saturated heterocycles. The molecule has 7 nitrogen and oxygen atoms in total. The fourth-order valence-electron chi connectivity index (χ4n) is 1.84. The number of rotatable bonds is 15. The predicted molar refractivity (Wildman–Crippen MR) is 114 cm³/mol. The number of aldehydes is 1. The molecule has 0 aromatic carbocycles. The van der Waals surface area contributed by atoms with Crippen molar-refractivity contribution in [2.24, 2.45) is 0 Å². The van der Waals surface area contributed by atoms with Gasteiger partial charge in [-0.25, -0.2) is 0 Å². The van der Waals surface area contributed by atoms with Crippen molar-refractivity contribution in [1.29, 1.82) is 0 Å². The first-order valence-corrected chi connectivity index (χ1v) is 10.0. The zero-order chi connectivity index (χ0) is 22.3. The van der Waals surface area contributed by atoms with Crippen LogP contribution in [0.25, 0.3) is 0 Å². The number of hydrogen-bond acceptors (Lipinski definition) is 7. The van der Waals surface area contributed by atoms with E-state index in [9.17, 15) is 4.79 Å². The minimum atomic E-state index is -1.79. The number of aliphatic hydroxyl groups is 5. The molecule has 5 N–H and O–H groups in total. The quantitative estimate of drug-likeness (QED) is 0.120. The number of carbonyl (C=O) groups is 1. The highest BCUT2D eigenvalue weighted by molar-refractivity contribution is 5.56. The lowest BCUT2D eigenvalue weighted by atomic mass is 10.0. The van der Waals surface area contributed by atoms with E-state index < -0.39 is 31.0 Å². The molecule has 0 radical (unpaired) electrons. The molecule has 0 saturated carbocycles. The summed E-state index contributed by atoms with van der Waals surface area (Å²) in [6.45, 7) is 3.64. The summed E-state index contributed by atoms with van der Waals surface area (Å²) >= 11 is 0. The molecule has 0 aliphatic rings. The van der Waals surface area contributed by atoms with Crippen molar-refractivity contribution in [3.8, 4) is 0 Å². The third-order valence-electron chi connectivity index (χ3n) is 3.68. The largest absolute Gasteiger partial charge is 0.473 e. The van der Waals surface area contributed by atoms with Gasteiger partial charge in [0.1, 0.15) is 24.4 Å². The molecule has 0 aliphatic heterocycles. The summed E-state index contributed by atoms with van der Waals surface area (Å²) in [5.41, 5.74) is 0. The van der Waals surface area contributed by atoms with Gasteiger partial charge in [0.05, 0.1) is 19.1 Å². The first-order chi connectivity index (χ1) is 14.0. The molecule has 0 unspecified atom stereocenters. The Morgan fingerprint density at radius 3 is 1.66 bits per heavy atom. The maximum Gasteiger partial charge on any atom is 0.151 e. The van der Waals surface area contributed by atoms with Crippen LogP contribution in [0.4, 0.5) is 0 Å². The zero-order valence-electron chi connectivity index (χ0n) is 17.5. The van der Waals surface area contributed by atoms with Crippen LogP contribution in [0.2, 0.25) is 0 Å². The van der Waals surface area contributed by atoms with E-state index >= 15 is 0 Å². The average Bonchev–Trinajstić information content (AvgIpc) is 2.75. The van der Waals surface area contributed by atoms with Gasteiger partial charge in [-0.2, -0.15) is 0 Å². The highest BCUT2D eigenvalue weighted by Gasteiger charge is 2.29. The van der Waals surface area contributed by atoms with Gasteiger partial charge in [-0.1, -0.05) is 63.8 Å². The summed E-state index contributed by atoms with van der Waals surface area (Å²) < 4.78 is 5.18. The second-order valence-electron chi connectivity index (χ2n) is 6.29. The van der Waals surface area contributed by atoms with Gasteiger partial charge in [-0.05, 0) is 25.0 Å². The minimum absolute atomic E-state index is 0.0258. The number of allylic oxidation sites excluding steroid dienone is 6. The molecule has 0 aromatic heterocycles. The standard InChI is InChI=1S/C16H26O.C6H12O6/c1-3-5-7-9-11-13-15-17-16-14-12-10-8-6-4-2;7-1-3(9)5(11)6(12)4(10)2-8/h9-16H,3-8H2,1-2H3;1,3-6,8-12H,2H2/t;3-,4+,5+,6+/m.0/s1. The number of aliphatic hydroxyl groups excluding tert-OH is 5. The van der Waals surface area contributed by atoms with Crippen LogP contribution in [0.1, 0.15) is 52.4 Å².